The van der Waals surface area contributed by atoms with Crippen LogP contribution in [0.3, 0.4) is 0 Å². The minimum atomic E-state index is 0.0400. The zero-order valence-corrected chi connectivity index (χ0v) is 11.0. The third-order valence-electron chi connectivity index (χ3n) is 3.71. The van der Waals surface area contributed by atoms with Gasteiger partial charge >= 0.3 is 0 Å². The van der Waals surface area contributed by atoms with Crippen LogP contribution in [0.1, 0.15) is 53.9 Å². The molecule has 1 fully saturated rings. The molecule has 1 N–H and O–H groups in total. The number of fused-ring (bicyclic) bond motifs is 1. The van der Waals surface area contributed by atoms with E-state index in [0.717, 1.165) is 17.7 Å². The Morgan fingerprint density at radius 3 is 2.83 bits per heavy atom. The van der Waals surface area contributed by atoms with Crippen LogP contribution in [0.15, 0.2) is 0 Å². The van der Waals surface area contributed by atoms with E-state index in [1.807, 2.05) is 0 Å². The van der Waals surface area contributed by atoms with Gasteiger partial charge in [0.15, 0.2) is 10.9 Å². The summed E-state index contributed by atoms with van der Waals surface area (Å²) in [6.45, 7) is 0. The number of carbonyl (C=O) groups is 2. The number of anilines is 1. The van der Waals surface area contributed by atoms with Gasteiger partial charge in [-0.05, 0) is 31.6 Å². The van der Waals surface area contributed by atoms with Gasteiger partial charge in [-0.3, -0.25) is 9.59 Å². The second-order valence-electron chi connectivity index (χ2n) is 5.12. The summed E-state index contributed by atoms with van der Waals surface area (Å²) in [5.41, 5.74) is 0.588. The van der Waals surface area contributed by atoms with Gasteiger partial charge < -0.3 is 5.32 Å². The zero-order chi connectivity index (χ0) is 12.5. The highest BCUT2D eigenvalue weighted by molar-refractivity contribution is 7.16. The Morgan fingerprint density at radius 2 is 2.17 bits per heavy atom. The van der Waals surface area contributed by atoms with Crippen molar-refractivity contribution in [3.63, 3.8) is 0 Å². The number of thiazole rings is 1. The van der Waals surface area contributed by atoms with Crippen LogP contribution >= 0.6 is 11.3 Å². The Bertz CT molecular complexity index is 491. The van der Waals surface area contributed by atoms with Gasteiger partial charge in [0, 0.05) is 17.7 Å². The number of amides is 1. The van der Waals surface area contributed by atoms with Crippen LogP contribution in [0, 0.1) is 5.92 Å². The molecule has 1 aromatic rings. The van der Waals surface area contributed by atoms with Crippen molar-refractivity contribution in [2.45, 2.75) is 44.9 Å². The molecule has 4 nitrogen and oxygen atoms in total. The molecular weight excluding hydrogens is 248 g/mol. The lowest BCUT2D eigenvalue weighted by Crippen LogP contribution is -2.20. The average Bonchev–Trinajstić information content (AvgIpc) is 2.68. The van der Waals surface area contributed by atoms with Crippen LogP contribution in [0.2, 0.25) is 0 Å². The average molecular weight is 264 g/mol. The minimum absolute atomic E-state index is 0.0400. The molecular formula is C13H16N2O2S. The number of hydrogen-bond acceptors (Lipinski definition) is 4. The molecule has 0 spiro atoms. The molecule has 2 aliphatic carbocycles. The molecule has 0 bridgehead atoms. The van der Waals surface area contributed by atoms with Gasteiger partial charge in [0.2, 0.25) is 5.91 Å². The Hall–Kier alpha value is -1.23. The first-order chi connectivity index (χ1) is 8.72. The molecule has 1 heterocycles. The Kier molecular flexibility index (Phi) is 3.16. The summed E-state index contributed by atoms with van der Waals surface area (Å²) in [6.07, 6.45) is 6.59. The van der Waals surface area contributed by atoms with Crippen LogP contribution in [0.5, 0.6) is 0 Å². The van der Waals surface area contributed by atoms with Crippen molar-refractivity contribution in [2.75, 3.05) is 5.32 Å². The van der Waals surface area contributed by atoms with E-state index in [2.05, 4.69) is 10.3 Å². The third-order valence-corrected chi connectivity index (χ3v) is 4.74. The summed E-state index contributed by atoms with van der Waals surface area (Å²) < 4.78 is 0. The van der Waals surface area contributed by atoms with Crippen LogP contribution in [0.25, 0.3) is 0 Å². The molecule has 0 atom stereocenters. The van der Waals surface area contributed by atoms with Crippen molar-refractivity contribution in [3.8, 4) is 0 Å². The van der Waals surface area contributed by atoms with Crippen molar-refractivity contribution in [3.05, 3.63) is 10.6 Å². The molecule has 0 radical (unpaired) electrons. The highest BCUT2D eigenvalue weighted by Crippen LogP contribution is 2.32. The normalized spacial score (nSPS) is 19.2. The van der Waals surface area contributed by atoms with Crippen LogP contribution in [-0.4, -0.2) is 16.7 Å². The van der Waals surface area contributed by atoms with Crippen molar-refractivity contribution >= 4 is 28.2 Å². The van der Waals surface area contributed by atoms with Gasteiger partial charge in [-0.25, -0.2) is 4.98 Å². The molecule has 18 heavy (non-hydrogen) atoms. The molecule has 0 saturated heterocycles. The van der Waals surface area contributed by atoms with Crippen molar-refractivity contribution in [2.24, 2.45) is 5.92 Å². The fourth-order valence-electron chi connectivity index (χ4n) is 2.45. The molecule has 1 aromatic heterocycles. The van der Waals surface area contributed by atoms with E-state index in [0.29, 0.717) is 29.6 Å². The molecule has 0 unspecified atom stereocenters. The highest BCUT2D eigenvalue weighted by Gasteiger charge is 2.24. The first-order valence-electron chi connectivity index (χ1n) is 6.55. The van der Waals surface area contributed by atoms with E-state index in [1.165, 1.54) is 30.6 Å². The van der Waals surface area contributed by atoms with Crippen molar-refractivity contribution < 1.29 is 9.59 Å². The topological polar surface area (TPSA) is 59.1 Å². The zero-order valence-electron chi connectivity index (χ0n) is 10.2. The fraction of sp³-hybridized carbons (Fsp3) is 0.615. The van der Waals surface area contributed by atoms with E-state index in [1.54, 1.807) is 0 Å². The van der Waals surface area contributed by atoms with E-state index in [-0.39, 0.29) is 11.7 Å². The number of nitrogens with zero attached hydrogens (tertiary/aromatic N) is 1. The van der Waals surface area contributed by atoms with Gasteiger partial charge in [-0.2, -0.15) is 0 Å². The van der Waals surface area contributed by atoms with E-state index >= 15 is 0 Å². The molecule has 0 aliphatic heterocycles. The second-order valence-corrected chi connectivity index (χ2v) is 6.20. The summed E-state index contributed by atoms with van der Waals surface area (Å²) in [4.78, 5) is 28.7. The lowest BCUT2D eigenvalue weighted by Gasteiger charge is -2.24. The number of rotatable bonds is 3. The number of nitrogens with one attached hydrogen (secondary N) is 1. The summed E-state index contributed by atoms with van der Waals surface area (Å²) in [7, 11) is 0. The number of aromatic nitrogens is 1. The van der Waals surface area contributed by atoms with Gasteiger partial charge in [0.1, 0.15) is 5.69 Å². The first kappa shape index (κ1) is 11.8. The lowest BCUT2D eigenvalue weighted by molar-refractivity contribution is -0.117. The molecule has 96 valence electrons. The van der Waals surface area contributed by atoms with Crippen molar-refractivity contribution in [1.29, 1.82) is 0 Å². The number of aryl methyl sites for hydroxylation is 1. The van der Waals surface area contributed by atoms with Gasteiger partial charge in [0.25, 0.3) is 0 Å². The Morgan fingerprint density at radius 1 is 1.33 bits per heavy atom. The van der Waals surface area contributed by atoms with Crippen molar-refractivity contribution in [1.82, 2.24) is 4.98 Å². The predicted octanol–water partition coefficient (Wildman–Crippen LogP) is 2.79. The SMILES string of the molecule is O=C(CC1CCC1)Nc1nc2c(s1)CCCC2=O. The highest BCUT2D eigenvalue weighted by atomic mass is 32.1. The predicted molar refractivity (Wildman–Crippen MR) is 70.0 cm³/mol. The number of ketones is 1. The van der Waals surface area contributed by atoms with E-state index in [4.69, 9.17) is 0 Å². The smallest absolute Gasteiger partial charge is 0.226 e. The number of carbonyl (C=O) groups excluding carboxylic acids is 2. The maximum atomic E-state index is 11.8. The fourth-order valence-corrected chi connectivity index (χ4v) is 3.49. The maximum absolute atomic E-state index is 11.8. The monoisotopic (exact) mass is 264 g/mol. The first-order valence-corrected chi connectivity index (χ1v) is 7.37. The minimum Gasteiger partial charge on any atom is -0.302 e. The van der Waals surface area contributed by atoms with Crippen LogP contribution in [-0.2, 0) is 11.2 Å². The van der Waals surface area contributed by atoms with Crippen LogP contribution in [0.4, 0.5) is 5.13 Å². The molecule has 3 rings (SSSR count). The standard InChI is InChI=1S/C13H16N2O2S/c16-9-5-2-6-10-12(9)15-13(18-10)14-11(17)7-8-3-1-4-8/h8H,1-7H2,(H,14,15,17). The van der Waals surface area contributed by atoms with Gasteiger partial charge in [0.05, 0.1) is 0 Å². The Labute approximate surface area is 110 Å². The summed E-state index contributed by atoms with van der Waals surface area (Å²) >= 11 is 1.46. The van der Waals surface area contributed by atoms with E-state index in [9.17, 15) is 9.59 Å². The number of Topliss-reactive ketones (excluding diaryl/α,β-unsaturated/α-hetero) is 1. The van der Waals surface area contributed by atoms with Gasteiger partial charge in [-0.15, -0.1) is 11.3 Å². The molecule has 0 aromatic carbocycles. The molecule has 2 aliphatic rings. The third kappa shape index (κ3) is 2.32. The largest absolute Gasteiger partial charge is 0.302 e. The molecule has 1 saturated carbocycles. The summed E-state index contributed by atoms with van der Waals surface area (Å²) in [5.74, 6) is 0.714. The molecule has 5 heteroatoms. The lowest BCUT2D eigenvalue weighted by atomic mass is 9.83. The Balaban J connectivity index is 1.65. The van der Waals surface area contributed by atoms with Gasteiger partial charge in [-0.1, -0.05) is 6.42 Å². The maximum Gasteiger partial charge on any atom is 0.226 e. The summed E-state index contributed by atoms with van der Waals surface area (Å²) in [5, 5.41) is 3.43. The van der Waals surface area contributed by atoms with E-state index < -0.39 is 0 Å². The summed E-state index contributed by atoms with van der Waals surface area (Å²) in [6, 6.07) is 0. The molecule has 1 amide bonds. The quantitative estimate of drug-likeness (QED) is 0.913. The van der Waals surface area contributed by atoms with Crippen LogP contribution < -0.4 is 5.32 Å². The second kappa shape index (κ2) is 4.80. The number of hydrogen-bond donors (Lipinski definition) is 1.